The van der Waals surface area contributed by atoms with Crippen molar-refractivity contribution in [3.8, 4) is 5.69 Å². The van der Waals surface area contributed by atoms with Gasteiger partial charge in [0.1, 0.15) is 0 Å². The van der Waals surface area contributed by atoms with Crippen LogP contribution in [-0.4, -0.2) is 25.2 Å². The molecule has 1 amide bonds. The number of anilines is 1. The van der Waals surface area contributed by atoms with E-state index in [0.717, 1.165) is 5.69 Å². The van der Waals surface area contributed by atoms with Crippen LogP contribution in [0.3, 0.4) is 0 Å². The van der Waals surface area contributed by atoms with E-state index in [4.69, 9.17) is 0 Å². The highest BCUT2D eigenvalue weighted by atomic mass is 16.2. The Balaban J connectivity index is 1.60. The zero-order valence-electron chi connectivity index (χ0n) is 16.1. The molecule has 0 radical (unpaired) electrons. The number of aromatic nitrogens is 4. The summed E-state index contributed by atoms with van der Waals surface area (Å²) in [6, 6.07) is 16.7. The number of carbonyl (C=O) groups is 1. The Labute approximate surface area is 166 Å². The van der Waals surface area contributed by atoms with E-state index in [1.54, 1.807) is 22.9 Å². The standard InChI is InChI=1S/C21H20N6O2/c1-3-26-20(29)16-11-7-8-12-18(16)23-21(26)25-24-19(28)17-13-22-27(14(17)2)15-9-5-4-6-10-15/h4-13H,3H2,1-2H3,(H,23,25)(H,24,28). The Kier molecular flexibility index (Phi) is 4.82. The second-order valence-corrected chi connectivity index (χ2v) is 6.47. The summed E-state index contributed by atoms with van der Waals surface area (Å²) in [7, 11) is 0. The highest BCUT2D eigenvalue weighted by molar-refractivity contribution is 5.95. The van der Waals surface area contributed by atoms with Crippen molar-refractivity contribution in [3.05, 3.63) is 82.4 Å². The molecule has 2 heterocycles. The predicted molar refractivity (Wildman–Crippen MR) is 111 cm³/mol. The molecular formula is C21H20N6O2. The third-order valence-corrected chi connectivity index (χ3v) is 4.72. The van der Waals surface area contributed by atoms with Crippen LogP contribution in [0.15, 0.2) is 65.6 Å². The zero-order valence-corrected chi connectivity index (χ0v) is 16.1. The molecule has 0 aliphatic carbocycles. The minimum Gasteiger partial charge on any atom is -0.277 e. The van der Waals surface area contributed by atoms with Crippen LogP contribution >= 0.6 is 0 Å². The number of hydrazine groups is 1. The Morgan fingerprint density at radius 3 is 2.55 bits per heavy atom. The van der Waals surface area contributed by atoms with Crippen molar-refractivity contribution in [1.29, 1.82) is 0 Å². The first kappa shape index (κ1) is 18.4. The Hall–Kier alpha value is -3.94. The van der Waals surface area contributed by atoms with E-state index in [1.807, 2.05) is 50.2 Å². The van der Waals surface area contributed by atoms with Crippen molar-refractivity contribution in [2.75, 3.05) is 5.43 Å². The zero-order chi connectivity index (χ0) is 20.4. The normalized spacial score (nSPS) is 10.8. The first-order valence-corrected chi connectivity index (χ1v) is 9.26. The van der Waals surface area contributed by atoms with Crippen LogP contribution in [0, 0.1) is 6.92 Å². The van der Waals surface area contributed by atoms with E-state index in [9.17, 15) is 9.59 Å². The number of hydrogen-bond acceptors (Lipinski definition) is 5. The molecule has 0 spiro atoms. The number of para-hydroxylation sites is 2. The molecule has 4 aromatic rings. The summed E-state index contributed by atoms with van der Waals surface area (Å²) < 4.78 is 3.17. The molecule has 146 valence electrons. The number of nitrogens with zero attached hydrogens (tertiary/aromatic N) is 4. The molecule has 0 saturated heterocycles. The monoisotopic (exact) mass is 388 g/mol. The van der Waals surface area contributed by atoms with Gasteiger partial charge in [-0.3, -0.25) is 25.0 Å². The van der Waals surface area contributed by atoms with E-state index < -0.39 is 0 Å². The van der Waals surface area contributed by atoms with Crippen molar-refractivity contribution in [3.63, 3.8) is 0 Å². The van der Waals surface area contributed by atoms with Gasteiger partial charge in [-0.2, -0.15) is 5.10 Å². The second kappa shape index (κ2) is 7.59. The molecule has 4 rings (SSSR count). The van der Waals surface area contributed by atoms with Crippen LogP contribution in [-0.2, 0) is 6.54 Å². The molecule has 0 bridgehead atoms. The van der Waals surface area contributed by atoms with Crippen molar-refractivity contribution < 1.29 is 4.79 Å². The lowest BCUT2D eigenvalue weighted by Gasteiger charge is -2.14. The van der Waals surface area contributed by atoms with Gasteiger partial charge in [-0.05, 0) is 38.1 Å². The summed E-state index contributed by atoms with van der Waals surface area (Å²) >= 11 is 0. The van der Waals surface area contributed by atoms with Crippen LogP contribution in [0.2, 0.25) is 0 Å². The smallest absolute Gasteiger partial charge is 0.273 e. The number of amides is 1. The third-order valence-electron chi connectivity index (χ3n) is 4.72. The van der Waals surface area contributed by atoms with Crippen molar-refractivity contribution in [1.82, 2.24) is 24.8 Å². The van der Waals surface area contributed by atoms with E-state index in [1.165, 1.54) is 10.8 Å². The van der Waals surface area contributed by atoms with Crippen molar-refractivity contribution >= 4 is 22.8 Å². The van der Waals surface area contributed by atoms with Gasteiger partial charge >= 0.3 is 0 Å². The molecule has 0 aliphatic rings. The highest BCUT2D eigenvalue weighted by Gasteiger charge is 2.16. The molecule has 0 atom stereocenters. The highest BCUT2D eigenvalue weighted by Crippen LogP contribution is 2.14. The van der Waals surface area contributed by atoms with Crippen molar-refractivity contribution in [2.24, 2.45) is 0 Å². The quantitative estimate of drug-likeness (QED) is 0.513. The lowest BCUT2D eigenvalue weighted by molar-refractivity contribution is 0.0961. The molecule has 8 nitrogen and oxygen atoms in total. The lowest BCUT2D eigenvalue weighted by atomic mass is 10.2. The summed E-state index contributed by atoms with van der Waals surface area (Å²) in [5.41, 5.74) is 7.80. The fourth-order valence-corrected chi connectivity index (χ4v) is 3.20. The summed E-state index contributed by atoms with van der Waals surface area (Å²) in [6.45, 7) is 4.09. The van der Waals surface area contributed by atoms with Gasteiger partial charge in [0.05, 0.1) is 34.0 Å². The molecular weight excluding hydrogens is 368 g/mol. The van der Waals surface area contributed by atoms with Gasteiger partial charge in [0, 0.05) is 6.54 Å². The average molecular weight is 388 g/mol. The predicted octanol–water partition coefficient (Wildman–Crippen LogP) is 2.67. The van der Waals surface area contributed by atoms with Crippen LogP contribution in [0.25, 0.3) is 16.6 Å². The SMILES string of the molecule is CCn1c(NNC(=O)c2cnn(-c3ccccc3)c2C)nc2ccccc2c1=O. The number of carbonyl (C=O) groups excluding carboxylic acids is 1. The van der Waals surface area contributed by atoms with Crippen molar-refractivity contribution in [2.45, 2.75) is 20.4 Å². The Morgan fingerprint density at radius 2 is 1.79 bits per heavy atom. The fourth-order valence-electron chi connectivity index (χ4n) is 3.20. The summed E-state index contributed by atoms with van der Waals surface area (Å²) in [4.78, 5) is 29.8. The van der Waals surface area contributed by atoms with Gasteiger partial charge in [-0.15, -0.1) is 0 Å². The van der Waals surface area contributed by atoms with E-state index >= 15 is 0 Å². The summed E-state index contributed by atoms with van der Waals surface area (Å²) in [5.74, 6) is -0.0904. The number of rotatable bonds is 5. The third kappa shape index (κ3) is 3.36. The number of nitrogens with one attached hydrogen (secondary N) is 2. The van der Waals surface area contributed by atoms with Gasteiger partial charge in [0.25, 0.3) is 11.5 Å². The summed E-state index contributed by atoms with van der Waals surface area (Å²) in [5, 5.41) is 4.84. The van der Waals surface area contributed by atoms with Gasteiger partial charge in [0.2, 0.25) is 5.95 Å². The topological polar surface area (TPSA) is 93.8 Å². The molecule has 0 fully saturated rings. The minimum atomic E-state index is -0.366. The number of fused-ring (bicyclic) bond motifs is 1. The van der Waals surface area contributed by atoms with E-state index in [0.29, 0.717) is 28.7 Å². The lowest BCUT2D eigenvalue weighted by Crippen LogP contribution is -2.34. The average Bonchev–Trinajstić information content (AvgIpc) is 3.14. The first-order valence-electron chi connectivity index (χ1n) is 9.26. The van der Waals surface area contributed by atoms with Crippen LogP contribution in [0.4, 0.5) is 5.95 Å². The number of benzene rings is 2. The minimum absolute atomic E-state index is 0.164. The maximum Gasteiger partial charge on any atom is 0.273 e. The molecule has 2 aromatic heterocycles. The molecule has 29 heavy (non-hydrogen) atoms. The van der Waals surface area contributed by atoms with E-state index in [2.05, 4.69) is 20.9 Å². The van der Waals surface area contributed by atoms with Gasteiger partial charge in [0.15, 0.2) is 0 Å². The number of hydrogen-bond donors (Lipinski definition) is 2. The molecule has 2 aromatic carbocycles. The van der Waals surface area contributed by atoms with Gasteiger partial charge in [-0.1, -0.05) is 30.3 Å². The largest absolute Gasteiger partial charge is 0.277 e. The Bertz CT molecular complexity index is 1240. The molecule has 0 aliphatic heterocycles. The van der Waals surface area contributed by atoms with Crippen LogP contribution in [0.5, 0.6) is 0 Å². The van der Waals surface area contributed by atoms with Crippen LogP contribution < -0.4 is 16.4 Å². The van der Waals surface area contributed by atoms with Crippen LogP contribution in [0.1, 0.15) is 23.0 Å². The first-order chi connectivity index (χ1) is 14.1. The van der Waals surface area contributed by atoms with Gasteiger partial charge in [-0.25, -0.2) is 9.67 Å². The fraction of sp³-hybridized carbons (Fsp3) is 0.143. The van der Waals surface area contributed by atoms with E-state index in [-0.39, 0.29) is 17.4 Å². The maximum atomic E-state index is 12.7. The molecule has 8 heteroatoms. The molecule has 2 N–H and O–H groups in total. The molecule has 0 saturated carbocycles. The summed E-state index contributed by atoms with van der Waals surface area (Å²) in [6.07, 6.45) is 1.51. The maximum absolute atomic E-state index is 12.7. The second-order valence-electron chi connectivity index (χ2n) is 6.47. The Morgan fingerprint density at radius 1 is 1.07 bits per heavy atom. The van der Waals surface area contributed by atoms with Gasteiger partial charge < -0.3 is 0 Å². The molecule has 0 unspecified atom stereocenters.